The molecule has 0 aliphatic carbocycles. The number of aromatic hydroxyl groups is 1. The van der Waals surface area contributed by atoms with Gasteiger partial charge in [-0.05, 0) is 57.0 Å². The molecular formula is C30H40N2O9S. The molecule has 2 aromatic rings. The Kier molecular flexibility index (Phi) is 12.5. The molecule has 0 spiro atoms. The molecule has 2 rings (SSSR count). The van der Waals surface area contributed by atoms with E-state index in [0.29, 0.717) is 18.4 Å². The molecule has 0 saturated carbocycles. The number of hydrogen-bond donors (Lipinski definition) is 3. The molecule has 42 heavy (non-hydrogen) atoms. The molecule has 0 radical (unpaired) electrons. The molecule has 0 aromatic heterocycles. The fraction of sp³-hybridized carbons (Fsp3) is 0.467. The molecule has 2 aromatic carbocycles. The normalized spacial score (nSPS) is 13.7. The first kappa shape index (κ1) is 34.3. The van der Waals surface area contributed by atoms with E-state index in [2.05, 4.69) is 10.6 Å². The number of ketones is 1. The van der Waals surface area contributed by atoms with Crippen LogP contribution in [0, 0.1) is 0 Å². The summed E-state index contributed by atoms with van der Waals surface area (Å²) in [5.41, 5.74) is -0.271. The molecule has 3 N–H and O–H groups in total. The number of amides is 2. The molecule has 11 nitrogen and oxygen atoms in total. The molecule has 0 saturated heterocycles. The quantitative estimate of drug-likeness (QED) is 0.274. The minimum Gasteiger partial charge on any atom is -0.508 e. The Bertz CT molecular complexity index is 1320. The van der Waals surface area contributed by atoms with E-state index >= 15 is 0 Å². The highest BCUT2D eigenvalue weighted by Crippen LogP contribution is 2.22. The van der Waals surface area contributed by atoms with Crippen molar-refractivity contribution >= 4 is 33.6 Å². The maximum Gasteiger partial charge on any atom is 0.408 e. The van der Waals surface area contributed by atoms with Crippen LogP contribution in [0.3, 0.4) is 0 Å². The number of benzene rings is 2. The zero-order chi connectivity index (χ0) is 31.5. The molecular weight excluding hydrogens is 564 g/mol. The summed E-state index contributed by atoms with van der Waals surface area (Å²) in [6.45, 7) is 6.83. The third kappa shape index (κ3) is 10.5. The van der Waals surface area contributed by atoms with Gasteiger partial charge in [0, 0.05) is 6.42 Å². The number of methoxy groups -OCH3 is 1. The zero-order valence-corrected chi connectivity index (χ0v) is 25.4. The number of Topliss-reactive ketones (excluding diaryl/α,β-unsaturated/α-hetero) is 1. The fourth-order valence-corrected chi connectivity index (χ4v) is 5.84. The summed E-state index contributed by atoms with van der Waals surface area (Å²) < 4.78 is 37.6. The number of sulfone groups is 1. The van der Waals surface area contributed by atoms with Crippen LogP contribution >= 0.6 is 0 Å². The van der Waals surface area contributed by atoms with Crippen molar-refractivity contribution in [1.82, 2.24) is 10.6 Å². The Morgan fingerprint density at radius 3 is 2.10 bits per heavy atom. The van der Waals surface area contributed by atoms with Crippen molar-refractivity contribution in [1.29, 1.82) is 0 Å². The van der Waals surface area contributed by atoms with Crippen molar-refractivity contribution in [2.45, 2.75) is 87.6 Å². The highest BCUT2D eigenvalue weighted by molar-refractivity contribution is 7.92. The van der Waals surface area contributed by atoms with Gasteiger partial charge >= 0.3 is 12.1 Å². The molecule has 0 heterocycles. The lowest BCUT2D eigenvalue weighted by Gasteiger charge is -2.26. The predicted octanol–water partition coefficient (Wildman–Crippen LogP) is 3.48. The van der Waals surface area contributed by atoms with Crippen molar-refractivity contribution in [3.8, 4) is 5.75 Å². The Labute approximate surface area is 246 Å². The molecule has 230 valence electrons. The number of phenols is 1. The first-order valence-electron chi connectivity index (χ1n) is 13.6. The second-order valence-electron chi connectivity index (χ2n) is 10.8. The Hall–Kier alpha value is -3.93. The lowest BCUT2D eigenvalue weighted by Crippen LogP contribution is -2.51. The van der Waals surface area contributed by atoms with Crippen LogP contribution in [0.15, 0.2) is 59.5 Å². The fourth-order valence-electron chi connectivity index (χ4n) is 4.13. The van der Waals surface area contributed by atoms with Gasteiger partial charge in [-0.25, -0.2) is 18.0 Å². The van der Waals surface area contributed by atoms with Gasteiger partial charge in [-0.3, -0.25) is 9.59 Å². The van der Waals surface area contributed by atoms with E-state index in [-0.39, 0.29) is 23.5 Å². The molecule has 2 amide bonds. The number of nitrogens with one attached hydrogen (secondary N) is 2. The highest BCUT2D eigenvalue weighted by atomic mass is 32.2. The van der Waals surface area contributed by atoms with E-state index in [1.54, 1.807) is 39.0 Å². The molecule has 2 unspecified atom stereocenters. The van der Waals surface area contributed by atoms with Crippen LogP contribution in [-0.2, 0) is 40.1 Å². The summed E-state index contributed by atoms with van der Waals surface area (Å²) in [6, 6.07) is 10.7. The molecule has 12 heteroatoms. The molecule has 0 fully saturated rings. The third-order valence-corrected chi connectivity index (χ3v) is 8.29. The van der Waals surface area contributed by atoms with Gasteiger partial charge in [-0.1, -0.05) is 50.1 Å². The maximum atomic E-state index is 13.9. The molecule has 0 bridgehead atoms. The van der Waals surface area contributed by atoms with Crippen molar-refractivity contribution in [2.75, 3.05) is 7.11 Å². The maximum absolute atomic E-state index is 13.9. The van der Waals surface area contributed by atoms with Gasteiger partial charge in [-0.2, -0.15) is 0 Å². The number of carbonyl (C=O) groups is 4. The van der Waals surface area contributed by atoms with Gasteiger partial charge < -0.3 is 25.2 Å². The summed E-state index contributed by atoms with van der Waals surface area (Å²) in [6.07, 6.45) is -0.429. The number of phenolic OH excluding ortho intramolecular Hbond substituents is 1. The summed E-state index contributed by atoms with van der Waals surface area (Å²) in [5.74, 6) is -2.52. The summed E-state index contributed by atoms with van der Waals surface area (Å²) in [4.78, 5) is 52.0. The van der Waals surface area contributed by atoms with Crippen molar-refractivity contribution in [3.63, 3.8) is 0 Å². The number of unbranched alkanes of at least 4 members (excludes halogenated alkanes) is 1. The first-order valence-corrected chi connectivity index (χ1v) is 15.2. The van der Waals surface area contributed by atoms with Crippen LogP contribution < -0.4 is 10.6 Å². The standard InChI is InChI=1S/C30H40N2O9S/c1-6-7-13-23(32-29(37)41-30(2,3)4)27(35)25(42(38,39)22-11-9-8-10-12-22)19-26(34)31-24(28(36)40-5)18-20-14-16-21(33)17-15-20/h8-12,14-17,23-25,33H,6-7,13,18-19H2,1-5H3,(H,31,34)(H,32,37)/t23-,24?,25?/m0/s1. The van der Waals surface area contributed by atoms with Crippen LogP contribution in [0.2, 0.25) is 0 Å². The average molecular weight is 605 g/mol. The molecule has 0 aliphatic rings. The number of ether oxygens (including phenoxy) is 2. The summed E-state index contributed by atoms with van der Waals surface area (Å²) >= 11 is 0. The van der Waals surface area contributed by atoms with Gasteiger partial charge in [-0.15, -0.1) is 0 Å². The Morgan fingerprint density at radius 2 is 1.55 bits per heavy atom. The van der Waals surface area contributed by atoms with E-state index in [0.717, 1.165) is 7.11 Å². The number of carbonyl (C=O) groups excluding carboxylic acids is 4. The highest BCUT2D eigenvalue weighted by Gasteiger charge is 2.40. The smallest absolute Gasteiger partial charge is 0.408 e. The Morgan fingerprint density at radius 1 is 0.929 bits per heavy atom. The lowest BCUT2D eigenvalue weighted by atomic mass is 10.0. The minimum absolute atomic E-state index is 0.0118. The molecule has 3 atom stereocenters. The number of esters is 1. The number of alkyl carbamates (subject to hydrolysis) is 1. The SMILES string of the molecule is CCCC[C@H](NC(=O)OC(C)(C)C)C(=O)C(CC(=O)NC(Cc1ccc(O)cc1)C(=O)OC)S(=O)(=O)c1ccccc1. The monoisotopic (exact) mass is 604 g/mol. The van der Waals surface area contributed by atoms with Crippen molar-refractivity contribution in [2.24, 2.45) is 0 Å². The van der Waals surface area contributed by atoms with Crippen LogP contribution in [0.4, 0.5) is 4.79 Å². The van der Waals surface area contributed by atoms with E-state index < -0.39 is 62.9 Å². The minimum atomic E-state index is -4.41. The second kappa shape index (κ2) is 15.3. The lowest BCUT2D eigenvalue weighted by molar-refractivity contribution is -0.145. The summed E-state index contributed by atoms with van der Waals surface area (Å²) in [7, 11) is -3.26. The number of hydrogen-bond acceptors (Lipinski definition) is 9. The Balaban J connectivity index is 2.41. The van der Waals surface area contributed by atoms with Crippen molar-refractivity contribution < 1.29 is 42.2 Å². The largest absolute Gasteiger partial charge is 0.508 e. The van der Waals surface area contributed by atoms with E-state index in [1.807, 2.05) is 6.92 Å². The zero-order valence-electron chi connectivity index (χ0n) is 24.6. The third-order valence-electron chi connectivity index (χ3n) is 6.21. The molecule has 0 aliphatic heterocycles. The van der Waals surface area contributed by atoms with Gasteiger partial charge in [0.1, 0.15) is 22.6 Å². The van der Waals surface area contributed by atoms with Crippen LogP contribution in [0.1, 0.15) is 58.9 Å². The van der Waals surface area contributed by atoms with Crippen LogP contribution in [0.5, 0.6) is 5.75 Å². The predicted molar refractivity (Wildman–Crippen MR) is 155 cm³/mol. The van der Waals surface area contributed by atoms with Gasteiger partial charge in [0.2, 0.25) is 5.91 Å². The van der Waals surface area contributed by atoms with Crippen LogP contribution in [0.25, 0.3) is 0 Å². The first-order chi connectivity index (χ1) is 19.7. The van der Waals surface area contributed by atoms with Crippen molar-refractivity contribution in [3.05, 3.63) is 60.2 Å². The van der Waals surface area contributed by atoms with E-state index in [9.17, 15) is 32.7 Å². The van der Waals surface area contributed by atoms with Gasteiger partial charge in [0.15, 0.2) is 15.6 Å². The number of rotatable bonds is 14. The van der Waals surface area contributed by atoms with E-state index in [1.165, 1.54) is 36.4 Å². The van der Waals surface area contributed by atoms with Crippen LogP contribution in [-0.4, -0.2) is 67.3 Å². The second-order valence-corrected chi connectivity index (χ2v) is 12.9. The average Bonchev–Trinajstić information content (AvgIpc) is 2.93. The van der Waals surface area contributed by atoms with E-state index in [4.69, 9.17) is 9.47 Å². The summed E-state index contributed by atoms with van der Waals surface area (Å²) in [5, 5.41) is 12.6. The van der Waals surface area contributed by atoms with Gasteiger partial charge in [0.25, 0.3) is 0 Å². The van der Waals surface area contributed by atoms with Gasteiger partial charge in [0.05, 0.1) is 24.5 Å². The topological polar surface area (TPSA) is 165 Å².